The van der Waals surface area contributed by atoms with Gasteiger partial charge >= 0.3 is 6.03 Å². The molecule has 4 aromatic rings. The molecule has 0 spiro atoms. The van der Waals surface area contributed by atoms with Gasteiger partial charge in [0.05, 0.1) is 34.2 Å². The fraction of sp³-hybridized carbons (Fsp3) is 0.208. The van der Waals surface area contributed by atoms with Gasteiger partial charge in [0.2, 0.25) is 0 Å². The highest BCUT2D eigenvalue weighted by atomic mass is 35.5. The maximum Gasteiger partial charge on any atom is 0.324 e. The zero-order valence-corrected chi connectivity index (χ0v) is 20.9. The Morgan fingerprint density at radius 1 is 1.09 bits per heavy atom. The quantitative estimate of drug-likeness (QED) is 0.300. The fourth-order valence-electron chi connectivity index (χ4n) is 3.46. The Bertz CT molecular complexity index is 1340. The van der Waals surface area contributed by atoms with E-state index in [2.05, 4.69) is 15.7 Å². The van der Waals surface area contributed by atoms with Crippen molar-refractivity contribution in [3.63, 3.8) is 0 Å². The van der Waals surface area contributed by atoms with Crippen molar-refractivity contribution in [2.24, 2.45) is 7.05 Å². The van der Waals surface area contributed by atoms with E-state index in [9.17, 15) is 4.79 Å². The second-order valence-corrected chi connectivity index (χ2v) is 8.47. The van der Waals surface area contributed by atoms with Gasteiger partial charge in [-0.05, 0) is 25.1 Å². The van der Waals surface area contributed by atoms with Crippen LogP contribution in [0.15, 0.2) is 54.9 Å². The van der Waals surface area contributed by atoms with Crippen molar-refractivity contribution in [3.05, 3.63) is 70.5 Å². The summed E-state index contributed by atoms with van der Waals surface area (Å²) in [6.07, 6.45) is 3.60. The summed E-state index contributed by atoms with van der Waals surface area (Å²) in [5.74, 6) is 0.880. The van der Waals surface area contributed by atoms with Crippen molar-refractivity contribution in [2.45, 2.75) is 6.92 Å². The number of halogens is 2. The van der Waals surface area contributed by atoms with E-state index >= 15 is 0 Å². The first-order valence-electron chi connectivity index (χ1n) is 10.7. The molecule has 0 radical (unpaired) electrons. The fourth-order valence-corrected chi connectivity index (χ4v) is 3.78. The van der Waals surface area contributed by atoms with Crippen LogP contribution in [0.1, 0.15) is 5.56 Å². The van der Waals surface area contributed by atoms with E-state index in [-0.39, 0.29) is 11.6 Å². The molecule has 0 aliphatic rings. The lowest BCUT2D eigenvalue weighted by molar-refractivity contribution is 0.146. The number of aryl methyl sites for hydroxylation is 1. The summed E-state index contributed by atoms with van der Waals surface area (Å²) < 4.78 is 14.1. The van der Waals surface area contributed by atoms with Gasteiger partial charge in [0, 0.05) is 37.5 Å². The number of para-hydroxylation sites is 1. The lowest BCUT2D eigenvalue weighted by Gasteiger charge is -2.15. The molecule has 0 saturated heterocycles. The van der Waals surface area contributed by atoms with Crippen molar-refractivity contribution >= 4 is 40.7 Å². The van der Waals surface area contributed by atoms with E-state index in [0.29, 0.717) is 34.6 Å². The molecule has 0 saturated carbocycles. The summed E-state index contributed by atoms with van der Waals surface area (Å²) in [6.45, 7) is 2.54. The van der Waals surface area contributed by atoms with Crippen LogP contribution in [0.25, 0.3) is 16.9 Å². The molecule has 2 heterocycles. The number of hydrogen-bond donors (Lipinski definition) is 2. The topological polar surface area (TPSA) is 95.2 Å². The van der Waals surface area contributed by atoms with Crippen LogP contribution in [0.3, 0.4) is 0 Å². The molecule has 11 heteroatoms. The molecule has 35 heavy (non-hydrogen) atoms. The van der Waals surface area contributed by atoms with Crippen LogP contribution in [-0.2, 0) is 11.8 Å². The Labute approximate surface area is 212 Å². The summed E-state index contributed by atoms with van der Waals surface area (Å²) in [6, 6.07) is 12.1. The molecule has 2 aromatic carbocycles. The van der Waals surface area contributed by atoms with Crippen molar-refractivity contribution in [1.82, 2.24) is 19.6 Å². The largest absolute Gasteiger partial charge is 0.489 e. The van der Waals surface area contributed by atoms with Gasteiger partial charge < -0.3 is 14.8 Å². The number of ether oxygens (including phenoxy) is 2. The number of rotatable bonds is 8. The van der Waals surface area contributed by atoms with Gasteiger partial charge in [-0.25, -0.2) is 9.48 Å². The predicted octanol–water partition coefficient (Wildman–Crippen LogP) is 5.56. The minimum Gasteiger partial charge on any atom is -0.489 e. The summed E-state index contributed by atoms with van der Waals surface area (Å²) in [7, 11) is 3.41. The molecular weight excluding hydrogens is 491 g/mol. The molecule has 0 unspecified atom stereocenters. The number of nitrogens with zero attached hydrogens (tertiary/aromatic N) is 4. The molecule has 4 rings (SSSR count). The minimum atomic E-state index is -0.502. The van der Waals surface area contributed by atoms with E-state index in [0.717, 1.165) is 16.8 Å². The Kier molecular flexibility index (Phi) is 7.60. The van der Waals surface area contributed by atoms with Crippen LogP contribution in [0, 0.1) is 6.92 Å². The Balaban J connectivity index is 1.66. The van der Waals surface area contributed by atoms with Crippen LogP contribution in [0.4, 0.5) is 16.3 Å². The molecule has 9 nitrogen and oxygen atoms in total. The Morgan fingerprint density at radius 3 is 2.51 bits per heavy atom. The third-order valence-corrected chi connectivity index (χ3v) is 5.87. The molecule has 0 atom stereocenters. The molecule has 0 fully saturated rings. The van der Waals surface area contributed by atoms with Gasteiger partial charge in [-0.15, -0.1) is 0 Å². The molecular formula is C24H24Cl2N6O3. The van der Waals surface area contributed by atoms with Crippen LogP contribution in [-0.4, -0.2) is 45.9 Å². The maximum absolute atomic E-state index is 13.1. The van der Waals surface area contributed by atoms with Gasteiger partial charge in [-0.2, -0.15) is 10.2 Å². The number of anilines is 2. The monoisotopic (exact) mass is 514 g/mol. The third-order valence-electron chi connectivity index (χ3n) is 5.15. The normalized spacial score (nSPS) is 10.9. The second-order valence-electron chi connectivity index (χ2n) is 7.66. The van der Waals surface area contributed by atoms with Crippen molar-refractivity contribution in [3.8, 4) is 22.7 Å². The second kappa shape index (κ2) is 10.8. The summed E-state index contributed by atoms with van der Waals surface area (Å²) in [5, 5.41) is 15.3. The van der Waals surface area contributed by atoms with E-state index in [4.69, 9.17) is 37.8 Å². The molecule has 0 aliphatic heterocycles. The van der Waals surface area contributed by atoms with E-state index in [1.54, 1.807) is 28.7 Å². The maximum atomic E-state index is 13.1. The lowest BCUT2D eigenvalue weighted by atomic mass is 10.1. The van der Waals surface area contributed by atoms with E-state index < -0.39 is 6.03 Å². The number of carbonyl (C=O) groups is 1. The highest BCUT2D eigenvalue weighted by molar-refractivity contribution is 6.42. The number of carbonyl (C=O) groups excluding carboxylic acids is 1. The van der Waals surface area contributed by atoms with Crippen molar-refractivity contribution < 1.29 is 14.3 Å². The number of urea groups is 1. The standard InChI is InChI=1S/C24H24Cl2N6O3/c1-15-22(16-13-27-31(2)14-16)30-32(17-7-5-4-6-8-17)23(15)29-24(33)28-20-11-18(25)19(26)12-21(20)35-10-9-34-3/h4-8,11-14H,9-10H2,1-3H3,(H2,28,29,33). The number of methoxy groups -OCH3 is 1. The average molecular weight is 515 g/mol. The highest BCUT2D eigenvalue weighted by Crippen LogP contribution is 2.35. The average Bonchev–Trinajstić information content (AvgIpc) is 3.41. The van der Waals surface area contributed by atoms with Crippen LogP contribution < -0.4 is 15.4 Å². The summed E-state index contributed by atoms with van der Waals surface area (Å²) in [5.41, 5.74) is 3.47. The van der Waals surface area contributed by atoms with Gasteiger partial charge in [-0.1, -0.05) is 41.4 Å². The first-order valence-corrected chi connectivity index (χ1v) is 11.5. The lowest BCUT2D eigenvalue weighted by Crippen LogP contribution is -2.22. The van der Waals surface area contributed by atoms with Gasteiger partial charge in [0.25, 0.3) is 0 Å². The number of hydrogen-bond acceptors (Lipinski definition) is 5. The minimum absolute atomic E-state index is 0.277. The molecule has 0 bridgehead atoms. The van der Waals surface area contributed by atoms with Gasteiger partial charge in [-0.3, -0.25) is 10.00 Å². The zero-order valence-electron chi connectivity index (χ0n) is 19.4. The van der Waals surface area contributed by atoms with Crippen LogP contribution in [0.2, 0.25) is 10.0 Å². The molecule has 2 amide bonds. The third kappa shape index (κ3) is 5.59. The summed E-state index contributed by atoms with van der Waals surface area (Å²) in [4.78, 5) is 13.1. The number of amides is 2. The first-order chi connectivity index (χ1) is 16.9. The molecule has 2 aromatic heterocycles. The van der Waals surface area contributed by atoms with Crippen LogP contribution >= 0.6 is 23.2 Å². The van der Waals surface area contributed by atoms with E-state index in [1.807, 2.05) is 50.5 Å². The Morgan fingerprint density at radius 2 is 1.83 bits per heavy atom. The highest BCUT2D eigenvalue weighted by Gasteiger charge is 2.21. The van der Waals surface area contributed by atoms with Crippen molar-refractivity contribution in [2.75, 3.05) is 31.0 Å². The Hall–Kier alpha value is -3.53. The van der Waals surface area contributed by atoms with Gasteiger partial charge in [0.1, 0.15) is 23.9 Å². The zero-order chi connectivity index (χ0) is 24.9. The number of nitrogens with one attached hydrogen (secondary N) is 2. The van der Waals surface area contributed by atoms with Crippen LogP contribution in [0.5, 0.6) is 5.75 Å². The summed E-state index contributed by atoms with van der Waals surface area (Å²) >= 11 is 12.3. The molecule has 0 aliphatic carbocycles. The predicted molar refractivity (Wildman–Crippen MR) is 137 cm³/mol. The smallest absolute Gasteiger partial charge is 0.324 e. The van der Waals surface area contributed by atoms with Crippen molar-refractivity contribution in [1.29, 1.82) is 0 Å². The van der Waals surface area contributed by atoms with E-state index in [1.165, 1.54) is 6.07 Å². The molecule has 182 valence electrons. The SMILES string of the molecule is COCCOc1cc(Cl)c(Cl)cc1NC(=O)Nc1c(C)c(-c2cnn(C)c2)nn1-c1ccccc1. The molecule has 2 N–H and O–H groups in total. The number of aromatic nitrogens is 4. The van der Waals surface area contributed by atoms with Gasteiger partial charge in [0.15, 0.2) is 0 Å². The first kappa shape index (κ1) is 24.6. The number of benzene rings is 2.